The molecule has 0 aromatic heterocycles. The first-order valence-corrected chi connectivity index (χ1v) is 28.7. The van der Waals surface area contributed by atoms with Crippen LogP contribution in [0.15, 0.2) is 97.2 Å². The third kappa shape index (κ3) is 55.1. The van der Waals surface area contributed by atoms with Crippen LogP contribution in [-0.4, -0.2) is 37.2 Å². The molecule has 0 rings (SSSR count). The lowest BCUT2D eigenvalue weighted by molar-refractivity contribution is -0.167. The maximum absolute atomic E-state index is 12.8. The second-order valence-corrected chi connectivity index (χ2v) is 18.8. The molecule has 0 aliphatic heterocycles. The normalized spacial score (nSPS) is 12.8. The van der Waals surface area contributed by atoms with Crippen LogP contribution in [0.3, 0.4) is 0 Å². The van der Waals surface area contributed by atoms with E-state index in [-0.39, 0.29) is 37.5 Å². The molecule has 394 valence electrons. The Morgan fingerprint density at radius 1 is 0.304 bits per heavy atom. The topological polar surface area (TPSA) is 78.9 Å². The van der Waals surface area contributed by atoms with Gasteiger partial charge < -0.3 is 14.2 Å². The Kier molecular flexibility index (Phi) is 53.9. The Morgan fingerprint density at radius 3 is 0.928 bits per heavy atom. The third-order valence-electron chi connectivity index (χ3n) is 12.1. The monoisotopic (exact) mass is 959 g/mol. The first-order chi connectivity index (χ1) is 34.0. The molecule has 69 heavy (non-hydrogen) atoms. The predicted molar refractivity (Wildman–Crippen MR) is 297 cm³/mol. The Balaban J connectivity index is 4.40. The third-order valence-corrected chi connectivity index (χ3v) is 12.1. The minimum absolute atomic E-state index is 0.101. The number of hydrogen-bond acceptors (Lipinski definition) is 6. The summed E-state index contributed by atoms with van der Waals surface area (Å²) >= 11 is 0. The highest BCUT2D eigenvalue weighted by Gasteiger charge is 2.19. The molecule has 0 spiro atoms. The van der Waals surface area contributed by atoms with Crippen molar-refractivity contribution in [3.63, 3.8) is 0 Å². The average Bonchev–Trinajstić information content (AvgIpc) is 3.35. The summed E-state index contributed by atoms with van der Waals surface area (Å²) in [5.74, 6) is -0.966. The van der Waals surface area contributed by atoms with E-state index in [1.807, 2.05) is 0 Å². The highest BCUT2D eigenvalue weighted by molar-refractivity contribution is 5.71. The SMILES string of the molecule is CC/C=C\C/C=C\C/C=C\C/C=C\C/C=C\CCCC(=O)OC(COC(=O)CCCCCCCCCC/C=C\C/C=C\C/C=C\CCCCCCC)COC(=O)CCCCCCCCCCCCC. The van der Waals surface area contributed by atoms with Gasteiger partial charge in [-0.15, -0.1) is 0 Å². The molecule has 0 radical (unpaired) electrons. The van der Waals surface area contributed by atoms with Crippen molar-refractivity contribution in [1.82, 2.24) is 0 Å². The summed E-state index contributed by atoms with van der Waals surface area (Å²) in [6, 6.07) is 0. The Labute approximate surface area is 426 Å². The van der Waals surface area contributed by atoms with Crippen LogP contribution in [0.4, 0.5) is 0 Å². The molecule has 0 aliphatic carbocycles. The molecule has 1 atom stereocenters. The van der Waals surface area contributed by atoms with Crippen LogP contribution in [0.2, 0.25) is 0 Å². The molecule has 6 heteroatoms. The van der Waals surface area contributed by atoms with Gasteiger partial charge in [-0.25, -0.2) is 0 Å². The van der Waals surface area contributed by atoms with Crippen molar-refractivity contribution in [3.8, 4) is 0 Å². The van der Waals surface area contributed by atoms with E-state index in [1.165, 1.54) is 122 Å². The minimum atomic E-state index is -0.809. The van der Waals surface area contributed by atoms with E-state index >= 15 is 0 Å². The highest BCUT2D eigenvalue weighted by atomic mass is 16.6. The molecule has 0 heterocycles. The van der Waals surface area contributed by atoms with E-state index in [4.69, 9.17) is 14.2 Å². The Bertz CT molecular complexity index is 1380. The quantitative estimate of drug-likeness (QED) is 0.0262. The van der Waals surface area contributed by atoms with Gasteiger partial charge in [0.05, 0.1) is 0 Å². The van der Waals surface area contributed by atoms with Gasteiger partial charge in [0.15, 0.2) is 6.10 Å². The molecule has 0 amide bonds. The fraction of sp³-hybridized carbons (Fsp3) is 0.698. The zero-order valence-electron chi connectivity index (χ0n) is 45.0. The number of hydrogen-bond donors (Lipinski definition) is 0. The van der Waals surface area contributed by atoms with Gasteiger partial charge in [-0.3, -0.25) is 14.4 Å². The summed E-state index contributed by atoms with van der Waals surface area (Å²) in [6.07, 6.45) is 75.5. The summed E-state index contributed by atoms with van der Waals surface area (Å²) in [7, 11) is 0. The van der Waals surface area contributed by atoms with Gasteiger partial charge in [0, 0.05) is 19.3 Å². The van der Waals surface area contributed by atoms with Gasteiger partial charge in [0.1, 0.15) is 13.2 Å². The van der Waals surface area contributed by atoms with Gasteiger partial charge in [-0.1, -0.05) is 246 Å². The molecule has 6 nitrogen and oxygen atoms in total. The number of carbonyl (C=O) groups excluding carboxylic acids is 3. The van der Waals surface area contributed by atoms with Crippen molar-refractivity contribution >= 4 is 17.9 Å². The van der Waals surface area contributed by atoms with Crippen LogP contribution >= 0.6 is 0 Å². The van der Waals surface area contributed by atoms with Crippen molar-refractivity contribution in [2.75, 3.05) is 13.2 Å². The van der Waals surface area contributed by atoms with Crippen molar-refractivity contribution in [2.24, 2.45) is 0 Å². The Morgan fingerprint density at radius 2 is 0.580 bits per heavy atom. The van der Waals surface area contributed by atoms with Gasteiger partial charge in [-0.05, 0) is 96.3 Å². The van der Waals surface area contributed by atoms with E-state index in [0.29, 0.717) is 19.3 Å². The number of rotatable bonds is 51. The number of carbonyl (C=O) groups is 3. The summed E-state index contributed by atoms with van der Waals surface area (Å²) in [5, 5.41) is 0. The lowest BCUT2D eigenvalue weighted by Gasteiger charge is -2.18. The van der Waals surface area contributed by atoms with Crippen LogP contribution in [-0.2, 0) is 28.6 Å². The smallest absolute Gasteiger partial charge is 0.306 e. The number of esters is 3. The Hall–Kier alpha value is -3.67. The molecular formula is C63H106O6. The zero-order valence-corrected chi connectivity index (χ0v) is 45.0. The van der Waals surface area contributed by atoms with Crippen LogP contribution in [0.25, 0.3) is 0 Å². The molecule has 0 aromatic rings. The van der Waals surface area contributed by atoms with Crippen molar-refractivity contribution in [1.29, 1.82) is 0 Å². The van der Waals surface area contributed by atoms with Gasteiger partial charge >= 0.3 is 17.9 Å². The van der Waals surface area contributed by atoms with E-state index in [0.717, 1.165) is 96.3 Å². The lowest BCUT2D eigenvalue weighted by atomic mass is 10.1. The molecule has 0 bridgehead atoms. The number of unbranched alkanes of at least 4 members (excludes halogenated alkanes) is 24. The lowest BCUT2D eigenvalue weighted by Crippen LogP contribution is -2.30. The van der Waals surface area contributed by atoms with E-state index in [9.17, 15) is 14.4 Å². The van der Waals surface area contributed by atoms with E-state index in [2.05, 4.69) is 118 Å². The first-order valence-electron chi connectivity index (χ1n) is 28.7. The van der Waals surface area contributed by atoms with Crippen molar-refractivity contribution in [2.45, 2.75) is 271 Å². The second kappa shape index (κ2) is 56.9. The molecule has 1 unspecified atom stereocenters. The largest absolute Gasteiger partial charge is 0.462 e. The van der Waals surface area contributed by atoms with E-state index in [1.54, 1.807) is 0 Å². The summed E-state index contributed by atoms with van der Waals surface area (Å²) in [6.45, 7) is 6.46. The zero-order chi connectivity index (χ0) is 50.0. The maximum atomic E-state index is 12.8. The second-order valence-electron chi connectivity index (χ2n) is 18.8. The first kappa shape index (κ1) is 65.3. The van der Waals surface area contributed by atoms with Crippen LogP contribution in [0, 0.1) is 0 Å². The van der Waals surface area contributed by atoms with Crippen molar-refractivity contribution in [3.05, 3.63) is 97.2 Å². The number of ether oxygens (including phenoxy) is 3. The predicted octanol–water partition coefficient (Wildman–Crippen LogP) is 19.3. The molecule has 0 fully saturated rings. The summed E-state index contributed by atoms with van der Waals surface area (Å²) in [4.78, 5) is 38.1. The highest BCUT2D eigenvalue weighted by Crippen LogP contribution is 2.15. The molecule has 0 saturated carbocycles. The van der Waals surface area contributed by atoms with Gasteiger partial charge in [0.25, 0.3) is 0 Å². The average molecular weight is 960 g/mol. The standard InChI is InChI=1S/C63H106O6/c1-4-7-10-13-16-19-22-24-26-28-29-30-31-32-33-35-36-38-41-44-47-50-53-56-62(65)68-59-60(58-67-61(64)55-52-49-46-43-40-21-18-15-12-9-6-3)69-63(66)57-54-51-48-45-42-39-37-34-27-25-23-20-17-14-11-8-5-2/h8,11,17,20,22,24-25,27-29,31-32,37,39,45,48,60H,4-7,9-10,12-16,18-19,21,23,26,30,33-36,38,40-44,46-47,49-59H2,1-3H3/b11-8-,20-17-,24-22-,27-25-,29-28-,32-31-,39-37-,48-45-. The van der Waals surface area contributed by atoms with Crippen molar-refractivity contribution < 1.29 is 28.6 Å². The van der Waals surface area contributed by atoms with E-state index < -0.39 is 6.10 Å². The van der Waals surface area contributed by atoms with Crippen LogP contribution in [0.1, 0.15) is 265 Å². The van der Waals surface area contributed by atoms with Gasteiger partial charge in [-0.2, -0.15) is 0 Å². The summed E-state index contributed by atoms with van der Waals surface area (Å²) in [5.41, 5.74) is 0. The fourth-order valence-corrected chi connectivity index (χ4v) is 7.78. The van der Waals surface area contributed by atoms with Crippen LogP contribution < -0.4 is 0 Å². The fourth-order valence-electron chi connectivity index (χ4n) is 7.78. The molecular weight excluding hydrogens is 853 g/mol. The molecule has 0 N–H and O–H groups in total. The maximum Gasteiger partial charge on any atom is 0.306 e. The minimum Gasteiger partial charge on any atom is -0.462 e. The molecule has 0 aromatic carbocycles. The molecule has 0 aliphatic rings. The van der Waals surface area contributed by atoms with Gasteiger partial charge in [0.2, 0.25) is 0 Å². The summed E-state index contributed by atoms with van der Waals surface area (Å²) < 4.78 is 16.8. The van der Waals surface area contributed by atoms with Crippen LogP contribution in [0.5, 0.6) is 0 Å². The molecule has 0 saturated heterocycles. The number of allylic oxidation sites excluding steroid dienone is 16.